The molecule has 0 atom stereocenters. The van der Waals surface area contributed by atoms with E-state index in [1.807, 2.05) is 0 Å². The second kappa shape index (κ2) is 9.71. The van der Waals surface area contributed by atoms with E-state index in [0.717, 1.165) is 11.1 Å². The Labute approximate surface area is 153 Å². The van der Waals surface area contributed by atoms with E-state index in [1.165, 1.54) is 0 Å². The maximum Gasteiger partial charge on any atom is 0.310 e. The van der Waals surface area contributed by atoms with Gasteiger partial charge < -0.3 is 9.47 Å². The van der Waals surface area contributed by atoms with Crippen LogP contribution in [0.5, 0.6) is 11.5 Å². The fraction of sp³-hybridized carbons (Fsp3) is 0.182. The van der Waals surface area contributed by atoms with E-state index in [4.69, 9.17) is 9.47 Å². The molecule has 0 N–H and O–H groups in total. The highest BCUT2D eigenvalue weighted by Gasteiger charge is 2.01. The lowest BCUT2D eigenvalue weighted by molar-refractivity contribution is -0.134. The van der Waals surface area contributed by atoms with Gasteiger partial charge in [-0.2, -0.15) is 0 Å². The zero-order chi connectivity index (χ0) is 18.8. The van der Waals surface area contributed by atoms with Crippen LogP contribution in [0.3, 0.4) is 0 Å². The maximum absolute atomic E-state index is 11.2. The summed E-state index contributed by atoms with van der Waals surface area (Å²) in [5.41, 5.74) is 1.55. The van der Waals surface area contributed by atoms with Gasteiger partial charge in [0.15, 0.2) is 0 Å². The summed E-state index contributed by atoms with van der Waals surface area (Å²) < 4.78 is 10.2. The Morgan fingerprint density at radius 3 is 1.35 bits per heavy atom. The van der Waals surface area contributed by atoms with E-state index in [9.17, 15) is 9.59 Å². The summed E-state index contributed by atoms with van der Waals surface area (Å²) in [5, 5.41) is 0. The van der Waals surface area contributed by atoms with Crippen LogP contribution < -0.4 is 9.47 Å². The van der Waals surface area contributed by atoms with E-state index in [-0.39, 0.29) is 11.9 Å². The van der Waals surface area contributed by atoms with Gasteiger partial charge in [-0.3, -0.25) is 9.59 Å². The van der Waals surface area contributed by atoms with Gasteiger partial charge in [0.25, 0.3) is 0 Å². The van der Waals surface area contributed by atoms with E-state index < -0.39 is 0 Å². The van der Waals surface area contributed by atoms with Crippen molar-refractivity contribution in [3.05, 3.63) is 59.7 Å². The van der Waals surface area contributed by atoms with Crippen molar-refractivity contribution in [1.82, 2.24) is 0 Å². The molecule has 4 heteroatoms. The van der Waals surface area contributed by atoms with Crippen LogP contribution in [0.25, 0.3) is 0 Å². The lowest BCUT2D eigenvalue weighted by Crippen LogP contribution is -2.05. The molecule has 26 heavy (non-hydrogen) atoms. The molecule has 2 aromatic rings. The zero-order valence-electron chi connectivity index (χ0n) is 14.7. The predicted octanol–water partition coefficient (Wildman–Crippen LogP) is 3.72. The average molecular weight is 346 g/mol. The Balaban J connectivity index is 1.95. The first-order chi connectivity index (χ1) is 12.6. The summed E-state index contributed by atoms with van der Waals surface area (Å²) in [7, 11) is 0. The SMILES string of the molecule is CCC(=O)Oc1ccc(C#CC#Cc2ccc(OC(=O)CC)cc2)cc1. The average Bonchev–Trinajstić information content (AvgIpc) is 2.67. The van der Waals surface area contributed by atoms with Crippen molar-refractivity contribution >= 4 is 11.9 Å². The Bertz CT molecular complexity index is 808. The second-order valence-electron chi connectivity index (χ2n) is 5.20. The van der Waals surface area contributed by atoms with Crippen molar-refractivity contribution in [2.24, 2.45) is 0 Å². The number of benzene rings is 2. The smallest absolute Gasteiger partial charge is 0.310 e. The quantitative estimate of drug-likeness (QED) is 0.481. The number of carbonyl (C=O) groups is 2. The fourth-order valence-corrected chi connectivity index (χ4v) is 1.83. The van der Waals surface area contributed by atoms with E-state index in [2.05, 4.69) is 23.7 Å². The second-order valence-corrected chi connectivity index (χ2v) is 5.20. The number of hydrogen-bond donors (Lipinski definition) is 0. The normalized spacial score (nSPS) is 9.15. The van der Waals surface area contributed by atoms with Crippen molar-refractivity contribution in [1.29, 1.82) is 0 Å². The van der Waals surface area contributed by atoms with Crippen LogP contribution in [-0.2, 0) is 9.59 Å². The first-order valence-corrected chi connectivity index (χ1v) is 8.24. The molecule has 0 aliphatic rings. The minimum absolute atomic E-state index is 0.273. The summed E-state index contributed by atoms with van der Waals surface area (Å²) >= 11 is 0. The molecule has 130 valence electrons. The van der Waals surface area contributed by atoms with Crippen LogP contribution in [0.4, 0.5) is 0 Å². The van der Waals surface area contributed by atoms with Crippen molar-refractivity contribution in [3.63, 3.8) is 0 Å². The number of rotatable bonds is 4. The van der Waals surface area contributed by atoms with Crippen molar-refractivity contribution in [3.8, 4) is 35.2 Å². The van der Waals surface area contributed by atoms with Crippen LogP contribution in [0.2, 0.25) is 0 Å². The molecule has 0 fully saturated rings. The third-order valence-corrected chi connectivity index (χ3v) is 3.23. The molecule has 0 saturated heterocycles. The van der Waals surface area contributed by atoms with E-state index in [0.29, 0.717) is 24.3 Å². The number of hydrogen-bond acceptors (Lipinski definition) is 4. The minimum atomic E-state index is -0.273. The van der Waals surface area contributed by atoms with Gasteiger partial charge in [-0.1, -0.05) is 25.7 Å². The molecule has 0 aliphatic heterocycles. The maximum atomic E-state index is 11.2. The highest BCUT2D eigenvalue weighted by molar-refractivity contribution is 5.72. The van der Waals surface area contributed by atoms with Crippen LogP contribution in [0, 0.1) is 23.7 Å². The number of ether oxygens (including phenoxy) is 2. The Morgan fingerprint density at radius 1 is 0.692 bits per heavy atom. The molecule has 0 aliphatic carbocycles. The van der Waals surface area contributed by atoms with E-state index >= 15 is 0 Å². The Kier molecular flexibility index (Phi) is 7.04. The topological polar surface area (TPSA) is 52.6 Å². The van der Waals surface area contributed by atoms with Gasteiger partial charge in [0, 0.05) is 24.0 Å². The fourth-order valence-electron chi connectivity index (χ4n) is 1.83. The minimum Gasteiger partial charge on any atom is -0.427 e. The van der Waals surface area contributed by atoms with Gasteiger partial charge >= 0.3 is 11.9 Å². The Morgan fingerprint density at radius 2 is 1.04 bits per heavy atom. The van der Waals surface area contributed by atoms with Gasteiger partial charge in [0.1, 0.15) is 11.5 Å². The number of carbonyl (C=O) groups excluding carboxylic acids is 2. The molecular weight excluding hydrogens is 328 g/mol. The monoisotopic (exact) mass is 346 g/mol. The van der Waals surface area contributed by atoms with Crippen LogP contribution in [0.1, 0.15) is 37.8 Å². The highest BCUT2D eigenvalue weighted by atomic mass is 16.5. The summed E-state index contributed by atoms with van der Waals surface area (Å²) in [6, 6.07) is 13.9. The Hall–Kier alpha value is -3.50. The van der Waals surface area contributed by atoms with Gasteiger partial charge in [0.2, 0.25) is 0 Å². The molecule has 0 bridgehead atoms. The molecule has 2 aromatic carbocycles. The van der Waals surface area contributed by atoms with Crippen molar-refractivity contribution in [2.75, 3.05) is 0 Å². The van der Waals surface area contributed by atoms with Gasteiger partial charge in [-0.25, -0.2) is 0 Å². The molecular formula is C22H18O4. The third-order valence-electron chi connectivity index (χ3n) is 3.23. The lowest BCUT2D eigenvalue weighted by Gasteiger charge is -2.01. The first-order valence-electron chi connectivity index (χ1n) is 8.24. The zero-order valence-corrected chi connectivity index (χ0v) is 14.7. The van der Waals surface area contributed by atoms with Crippen LogP contribution >= 0.6 is 0 Å². The van der Waals surface area contributed by atoms with Crippen molar-refractivity contribution < 1.29 is 19.1 Å². The molecule has 0 unspecified atom stereocenters. The van der Waals surface area contributed by atoms with E-state index in [1.54, 1.807) is 62.4 Å². The molecule has 4 nitrogen and oxygen atoms in total. The third kappa shape index (κ3) is 6.19. The van der Waals surface area contributed by atoms with Gasteiger partial charge in [-0.05, 0) is 60.4 Å². The largest absolute Gasteiger partial charge is 0.427 e. The molecule has 0 amide bonds. The molecule has 0 saturated carbocycles. The molecule has 2 rings (SSSR count). The molecule has 0 radical (unpaired) electrons. The predicted molar refractivity (Wildman–Crippen MR) is 98.5 cm³/mol. The lowest BCUT2D eigenvalue weighted by atomic mass is 10.2. The molecule has 0 aromatic heterocycles. The summed E-state index contributed by atoms with van der Waals surface area (Å²) in [4.78, 5) is 22.4. The van der Waals surface area contributed by atoms with Gasteiger partial charge in [-0.15, -0.1) is 0 Å². The molecule has 0 heterocycles. The summed E-state index contributed by atoms with van der Waals surface area (Å²) in [6.45, 7) is 3.48. The van der Waals surface area contributed by atoms with Crippen LogP contribution in [-0.4, -0.2) is 11.9 Å². The molecule has 0 spiro atoms. The van der Waals surface area contributed by atoms with Crippen molar-refractivity contribution in [2.45, 2.75) is 26.7 Å². The van der Waals surface area contributed by atoms with Gasteiger partial charge in [0.05, 0.1) is 0 Å². The summed E-state index contributed by atoms with van der Waals surface area (Å²) in [5.74, 6) is 11.8. The highest BCUT2D eigenvalue weighted by Crippen LogP contribution is 2.13. The summed E-state index contributed by atoms with van der Waals surface area (Å²) in [6.07, 6.45) is 0.665. The number of esters is 2. The first kappa shape index (κ1) is 18.8. The van der Waals surface area contributed by atoms with Crippen LogP contribution in [0.15, 0.2) is 48.5 Å². The standard InChI is InChI=1S/C22H18O4/c1-3-21(23)25-19-13-9-17(10-14-19)7-5-6-8-18-11-15-20(16-12-18)26-22(24)4-2/h9-16H,3-4H2,1-2H3.